The van der Waals surface area contributed by atoms with Crippen LogP contribution in [0.4, 0.5) is 0 Å². The second-order valence-electron chi connectivity index (χ2n) is 7.25. The predicted molar refractivity (Wildman–Crippen MR) is 105 cm³/mol. The highest BCUT2D eigenvalue weighted by Gasteiger charge is 2.30. The summed E-state index contributed by atoms with van der Waals surface area (Å²) in [6.07, 6.45) is 3.57. The van der Waals surface area contributed by atoms with Gasteiger partial charge in [-0.2, -0.15) is 0 Å². The molecule has 5 nitrogen and oxygen atoms in total. The normalized spacial score (nSPS) is 22.3. The van der Waals surface area contributed by atoms with Crippen LogP contribution in [0.3, 0.4) is 0 Å². The number of benzene rings is 1. The molecule has 1 aromatic carbocycles. The summed E-state index contributed by atoms with van der Waals surface area (Å²) in [5, 5.41) is 12.4. The molecule has 4 rings (SSSR count). The minimum absolute atomic E-state index is 0.0814. The third-order valence-electron chi connectivity index (χ3n) is 5.33. The lowest BCUT2D eigenvalue weighted by Crippen LogP contribution is -2.34. The lowest BCUT2D eigenvalue weighted by Gasteiger charge is -2.26. The standard InChI is InChI=1S/C20H25N3O2S/c24-13-17-4-1-3-15(10-17)9-16-5-8-22(12-16)19(25)11-18-14-26-20-21-6-2-7-23(18)20/h1,3-4,10,14,16,24H,2,5-9,11-13H2. The van der Waals surface area contributed by atoms with Crippen LogP contribution in [0.25, 0.3) is 0 Å². The van der Waals surface area contributed by atoms with E-state index < -0.39 is 0 Å². The summed E-state index contributed by atoms with van der Waals surface area (Å²) < 4.78 is 0. The molecule has 6 heteroatoms. The number of amides is 1. The summed E-state index contributed by atoms with van der Waals surface area (Å²) in [4.78, 5) is 21.5. The second kappa shape index (κ2) is 7.84. The monoisotopic (exact) mass is 371 g/mol. The number of hydrogen-bond donors (Lipinski definition) is 1. The van der Waals surface area contributed by atoms with Crippen molar-refractivity contribution >= 4 is 22.8 Å². The molecule has 1 atom stereocenters. The van der Waals surface area contributed by atoms with Crippen molar-refractivity contribution in [1.82, 2.24) is 9.80 Å². The summed E-state index contributed by atoms with van der Waals surface area (Å²) in [5.41, 5.74) is 3.32. The zero-order valence-corrected chi connectivity index (χ0v) is 15.7. The van der Waals surface area contributed by atoms with Crippen molar-refractivity contribution in [3.63, 3.8) is 0 Å². The Morgan fingerprint density at radius 1 is 1.31 bits per heavy atom. The van der Waals surface area contributed by atoms with Gasteiger partial charge in [0.05, 0.1) is 13.0 Å². The molecule has 0 saturated carbocycles. The number of carbonyl (C=O) groups excluding carboxylic acids is 1. The van der Waals surface area contributed by atoms with Crippen molar-refractivity contribution in [3.05, 3.63) is 46.5 Å². The first-order valence-corrected chi connectivity index (χ1v) is 10.2. The maximum atomic E-state index is 12.8. The Balaban J connectivity index is 1.31. The number of aliphatic hydroxyl groups is 1. The highest BCUT2D eigenvalue weighted by molar-refractivity contribution is 8.16. The Labute approximate surface area is 158 Å². The van der Waals surface area contributed by atoms with Gasteiger partial charge in [-0.15, -0.1) is 0 Å². The summed E-state index contributed by atoms with van der Waals surface area (Å²) in [6.45, 7) is 3.65. The number of fused-ring (bicyclic) bond motifs is 1. The fraction of sp³-hybridized carbons (Fsp3) is 0.500. The lowest BCUT2D eigenvalue weighted by atomic mass is 9.97. The van der Waals surface area contributed by atoms with Gasteiger partial charge in [0, 0.05) is 31.9 Å². The highest BCUT2D eigenvalue weighted by Crippen LogP contribution is 2.31. The van der Waals surface area contributed by atoms with E-state index >= 15 is 0 Å². The second-order valence-corrected chi connectivity index (χ2v) is 8.09. The van der Waals surface area contributed by atoms with Crippen molar-refractivity contribution in [2.45, 2.75) is 32.3 Å². The van der Waals surface area contributed by atoms with E-state index in [1.54, 1.807) is 11.8 Å². The van der Waals surface area contributed by atoms with Crippen LogP contribution in [0.15, 0.2) is 40.4 Å². The van der Waals surface area contributed by atoms with Crippen molar-refractivity contribution in [1.29, 1.82) is 0 Å². The van der Waals surface area contributed by atoms with Gasteiger partial charge >= 0.3 is 0 Å². The number of amidine groups is 1. The van der Waals surface area contributed by atoms with E-state index in [-0.39, 0.29) is 12.5 Å². The van der Waals surface area contributed by atoms with E-state index in [1.165, 1.54) is 5.56 Å². The summed E-state index contributed by atoms with van der Waals surface area (Å²) in [5.74, 6) is 0.738. The largest absolute Gasteiger partial charge is 0.392 e. The molecule has 0 bridgehead atoms. The van der Waals surface area contributed by atoms with Crippen LogP contribution >= 0.6 is 11.8 Å². The lowest BCUT2D eigenvalue weighted by molar-refractivity contribution is -0.129. The van der Waals surface area contributed by atoms with Gasteiger partial charge in [-0.3, -0.25) is 9.79 Å². The topological polar surface area (TPSA) is 56.1 Å². The number of thioether (sulfide) groups is 1. The van der Waals surface area contributed by atoms with Gasteiger partial charge in [0.2, 0.25) is 5.91 Å². The van der Waals surface area contributed by atoms with Gasteiger partial charge in [-0.1, -0.05) is 36.0 Å². The van der Waals surface area contributed by atoms with E-state index in [4.69, 9.17) is 0 Å². The molecule has 3 aliphatic heterocycles. The molecular weight excluding hydrogens is 346 g/mol. The van der Waals surface area contributed by atoms with Gasteiger partial charge in [0.25, 0.3) is 0 Å². The van der Waals surface area contributed by atoms with Crippen molar-refractivity contribution in [2.24, 2.45) is 10.9 Å². The van der Waals surface area contributed by atoms with Crippen LogP contribution in [-0.4, -0.2) is 52.2 Å². The van der Waals surface area contributed by atoms with Crippen LogP contribution in [-0.2, 0) is 17.8 Å². The van der Waals surface area contributed by atoms with Gasteiger partial charge in [0.1, 0.15) is 0 Å². The van der Waals surface area contributed by atoms with Gasteiger partial charge in [0.15, 0.2) is 5.17 Å². The van der Waals surface area contributed by atoms with Gasteiger partial charge < -0.3 is 14.9 Å². The molecule has 0 radical (unpaired) electrons. The van der Waals surface area contributed by atoms with Crippen molar-refractivity contribution < 1.29 is 9.90 Å². The molecule has 138 valence electrons. The van der Waals surface area contributed by atoms with Crippen LogP contribution in [0.1, 0.15) is 30.4 Å². The number of aliphatic hydroxyl groups excluding tert-OH is 1. The van der Waals surface area contributed by atoms with Crippen LogP contribution in [0, 0.1) is 5.92 Å². The fourth-order valence-electron chi connectivity index (χ4n) is 3.95. The number of hydrogen-bond acceptors (Lipinski definition) is 5. The number of carbonyl (C=O) groups is 1. The summed E-state index contributed by atoms with van der Waals surface area (Å²) in [6, 6.07) is 8.13. The van der Waals surface area contributed by atoms with Crippen molar-refractivity contribution in [2.75, 3.05) is 26.2 Å². The maximum absolute atomic E-state index is 12.8. The number of aliphatic imine (C=N–C) groups is 1. The Kier molecular flexibility index (Phi) is 5.31. The average molecular weight is 372 g/mol. The Morgan fingerprint density at radius 2 is 2.19 bits per heavy atom. The highest BCUT2D eigenvalue weighted by atomic mass is 32.2. The zero-order chi connectivity index (χ0) is 17.9. The molecule has 1 saturated heterocycles. The summed E-state index contributed by atoms with van der Waals surface area (Å²) >= 11 is 1.65. The first-order valence-electron chi connectivity index (χ1n) is 9.37. The summed E-state index contributed by atoms with van der Waals surface area (Å²) in [7, 11) is 0. The first-order chi connectivity index (χ1) is 12.7. The molecular formula is C20H25N3O2S. The van der Waals surface area contributed by atoms with Crippen LogP contribution in [0.5, 0.6) is 0 Å². The number of nitrogens with zero attached hydrogens (tertiary/aromatic N) is 3. The van der Waals surface area contributed by atoms with E-state index in [9.17, 15) is 9.90 Å². The molecule has 26 heavy (non-hydrogen) atoms. The fourth-order valence-corrected chi connectivity index (χ4v) is 4.91. The van der Waals surface area contributed by atoms with Crippen molar-refractivity contribution in [3.8, 4) is 0 Å². The zero-order valence-electron chi connectivity index (χ0n) is 14.9. The third kappa shape index (κ3) is 3.81. The molecule has 3 aliphatic rings. The van der Waals surface area contributed by atoms with E-state index in [2.05, 4.69) is 27.4 Å². The molecule has 3 heterocycles. The molecule has 1 aromatic rings. The maximum Gasteiger partial charge on any atom is 0.228 e. The quantitative estimate of drug-likeness (QED) is 0.864. The third-order valence-corrected chi connectivity index (χ3v) is 6.28. The molecule has 0 aromatic heterocycles. The molecule has 1 fully saturated rings. The van der Waals surface area contributed by atoms with Crippen LogP contribution in [0.2, 0.25) is 0 Å². The average Bonchev–Trinajstić information content (AvgIpc) is 3.29. The molecule has 1 amide bonds. The van der Waals surface area contributed by atoms with E-state index in [0.29, 0.717) is 12.3 Å². The minimum atomic E-state index is 0.0814. The van der Waals surface area contributed by atoms with E-state index in [0.717, 1.165) is 61.9 Å². The Morgan fingerprint density at radius 3 is 3.08 bits per heavy atom. The van der Waals surface area contributed by atoms with E-state index in [1.807, 2.05) is 17.0 Å². The molecule has 0 aliphatic carbocycles. The van der Waals surface area contributed by atoms with Gasteiger partial charge in [-0.25, -0.2) is 0 Å². The Bertz CT molecular complexity index is 746. The van der Waals surface area contributed by atoms with Gasteiger partial charge in [-0.05, 0) is 41.7 Å². The number of likely N-dealkylation sites (tertiary alicyclic amines) is 1. The molecule has 1 unspecified atom stereocenters. The SMILES string of the molecule is O=C(CC1=CSC2=NCCCN12)N1CCC(Cc2cccc(CO)c2)C1. The van der Waals surface area contributed by atoms with Crippen LogP contribution < -0.4 is 0 Å². The molecule has 1 N–H and O–H groups in total. The predicted octanol–water partition coefficient (Wildman–Crippen LogP) is 2.61. The smallest absolute Gasteiger partial charge is 0.228 e. The molecule has 0 spiro atoms. The first kappa shape index (κ1) is 17.6. The minimum Gasteiger partial charge on any atom is -0.392 e. The number of rotatable bonds is 5. The Hall–Kier alpha value is -1.79.